The van der Waals surface area contributed by atoms with E-state index in [1.165, 1.54) is 4.90 Å². The van der Waals surface area contributed by atoms with Crippen LogP contribution in [0.3, 0.4) is 0 Å². The number of carbonyl (C=O) groups excluding carboxylic acids is 1. The smallest absolute Gasteiger partial charge is 0.333 e. The van der Waals surface area contributed by atoms with Crippen LogP contribution in [0.25, 0.3) is 0 Å². The summed E-state index contributed by atoms with van der Waals surface area (Å²) in [7, 11) is 0. The molecule has 2 aliphatic rings. The van der Waals surface area contributed by atoms with Gasteiger partial charge >= 0.3 is 11.9 Å². The van der Waals surface area contributed by atoms with Crippen molar-refractivity contribution in [3.05, 3.63) is 40.2 Å². The maximum atomic E-state index is 12.6. The molecule has 2 aliphatic heterocycles. The van der Waals surface area contributed by atoms with Crippen molar-refractivity contribution in [1.29, 1.82) is 0 Å². The van der Waals surface area contributed by atoms with E-state index in [0.717, 1.165) is 0 Å². The molecule has 1 fully saturated rings. The Morgan fingerprint density at radius 1 is 1.26 bits per heavy atom. The fraction of sp³-hybridized carbons (Fsp3) is 0.381. The van der Waals surface area contributed by atoms with Gasteiger partial charge in [0.2, 0.25) is 5.95 Å². The minimum atomic E-state index is -1.41. The van der Waals surface area contributed by atoms with Crippen molar-refractivity contribution in [2.24, 2.45) is 0 Å². The quantitative estimate of drug-likeness (QED) is 0.315. The molecule has 1 saturated heterocycles. The SMILES string of the molecule is CCCC(NC(=O)c1ccc(N2CN3c4c(nc(N)[nH]c4=O)NC[C@@]3(C(=O)O)C2)cc1)C(=O)O. The number of hydrogen-bond donors (Lipinski definition) is 6. The second-order valence-electron chi connectivity index (χ2n) is 8.31. The van der Waals surface area contributed by atoms with Gasteiger partial charge in [0.15, 0.2) is 11.4 Å². The molecule has 7 N–H and O–H groups in total. The summed E-state index contributed by atoms with van der Waals surface area (Å²) >= 11 is 0. The first-order valence-corrected chi connectivity index (χ1v) is 10.7. The third-order valence-electron chi connectivity index (χ3n) is 6.09. The molecule has 1 aromatic carbocycles. The molecule has 0 spiro atoms. The number of benzene rings is 1. The standard InChI is InChI=1S/C21H25N7O6/c1-2-3-13(18(31)32)24-16(29)11-4-6-12(7-5-11)27-9-21(19(33)34)8-23-15-14(28(21)10-27)17(30)26-20(22)25-15/h4-7,13H,2-3,8-10H2,1H3,(H,24,29)(H,31,32)(H,33,34)(H4,22,23,25,26,30)/t13?,21-/m0/s1. The molecule has 180 valence electrons. The number of carbonyl (C=O) groups is 3. The number of aromatic nitrogens is 2. The molecule has 3 heterocycles. The molecule has 13 nitrogen and oxygen atoms in total. The summed E-state index contributed by atoms with van der Waals surface area (Å²) in [4.78, 5) is 58.4. The summed E-state index contributed by atoms with van der Waals surface area (Å²) in [5.74, 6) is -2.57. The molecule has 2 atom stereocenters. The summed E-state index contributed by atoms with van der Waals surface area (Å²) in [6.07, 6.45) is 0.922. The van der Waals surface area contributed by atoms with Crippen molar-refractivity contribution in [3.8, 4) is 0 Å². The Bertz CT molecular complexity index is 1200. The molecule has 1 unspecified atom stereocenters. The zero-order valence-electron chi connectivity index (χ0n) is 18.4. The normalized spacial score (nSPS) is 19.6. The summed E-state index contributed by atoms with van der Waals surface area (Å²) in [6.45, 7) is 2.01. The number of aromatic amines is 1. The van der Waals surface area contributed by atoms with Crippen molar-refractivity contribution >= 4 is 41.0 Å². The van der Waals surface area contributed by atoms with E-state index in [1.54, 1.807) is 29.2 Å². The van der Waals surface area contributed by atoms with E-state index in [0.29, 0.717) is 18.5 Å². The highest BCUT2D eigenvalue weighted by molar-refractivity contribution is 5.97. The predicted octanol–water partition coefficient (Wildman–Crippen LogP) is -0.132. The van der Waals surface area contributed by atoms with E-state index in [2.05, 4.69) is 20.6 Å². The van der Waals surface area contributed by atoms with Crippen LogP contribution in [0.4, 0.5) is 23.1 Å². The Morgan fingerprint density at radius 2 is 1.97 bits per heavy atom. The van der Waals surface area contributed by atoms with Gasteiger partial charge in [-0.25, -0.2) is 9.59 Å². The number of nitrogen functional groups attached to an aromatic ring is 1. The summed E-state index contributed by atoms with van der Waals surface area (Å²) in [5, 5.41) is 24.7. The van der Waals surface area contributed by atoms with Gasteiger partial charge in [-0.3, -0.25) is 14.6 Å². The third-order valence-corrected chi connectivity index (χ3v) is 6.09. The zero-order valence-corrected chi connectivity index (χ0v) is 18.4. The average Bonchev–Trinajstić information content (AvgIpc) is 3.19. The number of nitrogens with two attached hydrogens (primary N) is 1. The summed E-state index contributed by atoms with van der Waals surface area (Å²) < 4.78 is 0. The number of nitrogens with one attached hydrogen (secondary N) is 3. The molecule has 2 aromatic rings. The van der Waals surface area contributed by atoms with Crippen molar-refractivity contribution < 1.29 is 24.6 Å². The maximum Gasteiger partial charge on any atom is 0.333 e. The van der Waals surface area contributed by atoms with Crippen LogP contribution in [0.1, 0.15) is 30.1 Å². The molecular formula is C21H25N7O6. The maximum absolute atomic E-state index is 12.6. The lowest BCUT2D eigenvalue weighted by Gasteiger charge is -2.38. The van der Waals surface area contributed by atoms with E-state index in [4.69, 9.17) is 5.73 Å². The van der Waals surface area contributed by atoms with Crippen molar-refractivity contribution in [2.75, 3.05) is 40.6 Å². The highest BCUT2D eigenvalue weighted by atomic mass is 16.4. The third kappa shape index (κ3) is 3.84. The number of amides is 1. The van der Waals surface area contributed by atoms with Gasteiger partial charge in [0, 0.05) is 11.3 Å². The van der Waals surface area contributed by atoms with E-state index in [9.17, 15) is 29.4 Å². The fourth-order valence-corrected chi connectivity index (χ4v) is 4.32. The van der Waals surface area contributed by atoms with Gasteiger partial charge in [-0.1, -0.05) is 13.3 Å². The number of nitrogens with zero attached hydrogens (tertiary/aromatic N) is 3. The van der Waals surface area contributed by atoms with E-state index in [-0.39, 0.29) is 42.8 Å². The predicted molar refractivity (Wildman–Crippen MR) is 123 cm³/mol. The van der Waals surface area contributed by atoms with Gasteiger partial charge in [-0.15, -0.1) is 0 Å². The lowest BCUT2D eigenvalue weighted by molar-refractivity contribution is -0.142. The Morgan fingerprint density at radius 3 is 2.59 bits per heavy atom. The molecule has 1 aromatic heterocycles. The number of anilines is 4. The van der Waals surface area contributed by atoms with Crippen LogP contribution in [-0.2, 0) is 9.59 Å². The molecule has 0 aliphatic carbocycles. The van der Waals surface area contributed by atoms with Gasteiger partial charge in [0.1, 0.15) is 11.7 Å². The van der Waals surface area contributed by atoms with Crippen LogP contribution in [0.5, 0.6) is 0 Å². The monoisotopic (exact) mass is 471 g/mol. The second-order valence-corrected chi connectivity index (χ2v) is 8.31. The number of H-pyrrole nitrogens is 1. The van der Waals surface area contributed by atoms with Gasteiger partial charge in [0.05, 0.1) is 19.8 Å². The molecule has 0 radical (unpaired) electrons. The first-order chi connectivity index (χ1) is 16.2. The fourth-order valence-electron chi connectivity index (χ4n) is 4.32. The van der Waals surface area contributed by atoms with Gasteiger partial charge in [-0.2, -0.15) is 4.98 Å². The molecule has 4 rings (SSSR count). The lowest BCUT2D eigenvalue weighted by atomic mass is 9.96. The average molecular weight is 471 g/mol. The topological polar surface area (TPSA) is 194 Å². The van der Waals surface area contributed by atoms with Crippen LogP contribution in [-0.4, -0.2) is 69.4 Å². The molecule has 0 saturated carbocycles. The van der Waals surface area contributed by atoms with Crippen LogP contribution >= 0.6 is 0 Å². The molecule has 34 heavy (non-hydrogen) atoms. The van der Waals surface area contributed by atoms with Crippen LogP contribution in [0.2, 0.25) is 0 Å². The van der Waals surface area contributed by atoms with Crippen molar-refractivity contribution in [2.45, 2.75) is 31.3 Å². The van der Waals surface area contributed by atoms with Crippen LogP contribution in [0, 0.1) is 0 Å². The van der Waals surface area contributed by atoms with Crippen LogP contribution < -0.4 is 31.7 Å². The zero-order chi connectivity index (χ0) is 24.6. The van der Waals surface area contributed by atoms with Gasteiger partial charge in [-0.05, 0) is 30.7 Å². The Kier molecular flexibility index (Phi) is 5.77. The van der Waals surface area contributed by atoms with Crippen molar-refractivity contribution in [3.63, 3.8) is 0 Å². The van der Waals surface area contributed by atoms with Crippen molar-refractivity contribution in [1.82, 2.24) is 15.3 Å². The highest BCUT2D eigenvalue weighted by Crippen LogP contribution is 2.38. The van der Waals surface area contributed by atoms with Crippen LogP contribution in [0.15, 0.2) is 29.1 Å². The number of carboxylic acids is 2. The Hall–Kier alpha value is -4.29. The number of rotatable bonds is 7. The summed E-state index contributed by atoms with van der Waals surface area (Å²) in [6, 6.07) is 5.41. The number of hydrogen-bond acceptors (Lipinski definition) is 9. The van der Waals surface area contributed by atoms with E-state index in [1.807, 2.05) is 6.92 Å². The minimum absolute atomic E-state index is 0.0101. The first-order valence-electron chi connectivity index (χ1n) is 10.7. The highest BCUT2D eigenvalue weighted by Gasteiger charge is 2.55. The number of carboxylic acid groups (broad SMARTS) is 2. The number of aliphatic carboxylic acids is 2. The number of fused-ring (bicyclic) bond motifs is 3. The van der Waals surface area contributed by atoms with E-state index >= 15 is 0 Å². The Labute approximate surface area is 193 Å². The second kappa shape index (κ2) is 8.57. The molecular weight excluding hydrogens is 446 g/mol. The van der Waals surface area contributed by atoms with Gasteiger partial charge in [0.25, 0.3) is 11.5 Å². The minimum Gasteiger partial charge on any atom is -0.480 e. The first kappa shape index (κ1) is 22.9. The van der Waals surface area contributed by atoms with E-state index < -0.39 is 35.0 Å². The molecule has 0 bridgehead atoms. The summed E-state index contributed by atoms with van der Waals surface area (Å²) in [5.41, 5.74) is 4.66. The largest absolute Gasteiger partial charge is 0.480 e. The Balaban J connectivity index is 1.58. The molecule has 13 heteroatoms. The molecule has 1 amide bonds. The van der Waals surface area contributed by atoms with Gasteiger partial charge < -0.3 is 36.4 Å². The lowest BCUT2D eigenvalue weighted by Crippen LogP contribution is -2.61.